The van der Waals surface area contributed by atoms with Crippen LogP contribution in [0.25, 0.3) is 0 Å². The molecule has 0 saturated heterocycles. The van der Waals surface area contributed by atoms with Crippen molar-refractivity contribution in [3.05, 3.63) is 59.4 Å². The molecule has 5 nitrogen and oxygen atoms in total. The summed E-state index contributed by atoms with van der Waals surface area (Å²) in [5, 5.41) is 9.96. The SMILES string of the molecule is CC(C)NC(=O)CC(CC(F)(F)F)c1ccc(C(=O)c2cccnn2)cc1. The Morgan fingerprint density at radius 2 is 1.78 bits per heavy atom. The Balaban J connectivity index is 2.20. The Bertz CT molecular complexity index is 775. The van der Waals surface area contributed by atoms with E-state index in [4.69, 9.17) is 0 Å². The van der Waals surface area contributed by atoms with Crippen molar-refractivity contribution in [1.82, 2.24) is 15.5 Å². The molecule has 2 aromatic rings. The lowest BCUT2D eigenvalue weighted by Crippen LogP contribution is -2.32. The van der Waals surface area contributed by atoms with E-state index in [0.29, 0.717) is 5.56 Å². The second-order valence-corrected chi connectivity index (χ2v) is 6.50. The molecule has 8 heteroatoms. The number of ketones is 1. The number of nitrogens with zero attached hydrogens (tertiary/aromatic N) is 2. The van der Waals surface area contributed by atoms with Crippen molar-refractivity contribution in [3.8, 4) is 0 Å². The van der Waals surface area contributed by atoms with Gasteiger partial charge in [-0.3, -0.25) is 9.59 Å². The fraction of sp³-hybridized carbons (Fsp3) is 0.368. The number of carbonyl (C=O) groups is 2. The molecule has 0 spiro atoms. The van der Waals surface area contributed by atoms with Crippen molar-refractivity contribution in [2.75, 3.05) is 0 Å². The lowest BCUT2D eigenvalue weighted by molar-refractivity contribution is -0.141. The van der Waals surface area contributed by atoms with Crippen LogP contribution in [-0.2, 0) is 4.79 Å². The molecule has 0 radical (unpaired) electrons. The van der Waals surface area contributed by atoms with Crippen LogP contribution < -0.4 is 5.32 Å². The zero-order valence-corrected chi connectivity index (χ0v) is 15.0. The molecule has 1 atom stereocenters. The van der Waals surface area contributed by atoms with Gasteiger partial charge >= 0.3 is 6.18 Å². The van der Waals surface area contributed by atoms with Gasteiger partial charge in [-0.05, 0) is 31.5 Å². The molecule has 0 aliphatic heterocycles. The Kier molecular flexibility index (Phi) is 6.65. The third kappa shape index (κ3) is 6.47. The topological polar surface area (TPSA) is 72.0 Å². The van der Waals surface area contributed by atoms with Crippen molar-refractivity contribution in [3.63, 3.8) is 0 Å². The second-order valence-electron chi connectivity index (χ2n) is 6.50. The third-order valence-electron chi connectivity index (χ3n) is 3.81. The number of amides is 1. The molecule has 144 valence electrons. The number of nitrogens with one attached hydrogen (secondary N) is 1. The van der Waals surface area contributed by atoms with Gasteiger partial charge in [0.15, 0.2) is 0 Å². The Labute approximate surface area is 155 Å². The number of benzene rings is 1. The van der Waals surface area contributed by atoms with Gasteiger partial charge in [-0.2, -0.15) is 18.3 Å². The van der Waals surface area contributed by atoms with E-state index in [1.165, 1.54) is 36.5 Å². The first kappa shape index (κ1) is 20.5. The van der Waals surface area contributed by atoms with Crippen LogP contribution in [0.3, 0.4) is 0 Å². The van der Waals surface area contributed by atoms with Gasteiger partial charge in [0.2, 0.25) is 11.7 Å². The maximum atomic E-state index is 12.9. The highest BCUT2D eigenvalue weighted by Gasteiger charge is 2.33. The van der Waals surface area contributed by atoms with Crippen LogP contribution in [0.2, 0.25) is 0 Å². The van der Waals surface area contributed by atoms with Crippen molar-refractivity contribution in [1.29, 1.82) is 0 Å². The maximum absolute atomic E-state index is 12.9. The summed E-state index contributed by atoms with van der Waals surface area (Å²) in [4.78, 5) is 24.2. The van der Waals surface area contributed by atoms with E-state index in [9.17, 15) is 22.8 Å². The Morgan fingerprint density at radius 1 is 1.11 bits per heavy atom. The van der Waals surface area contributed by atoms with Crippen LogP contribution >= 0.6 is 0 Å². The van der Waals surface area contributed by atoms with Gasteiger partial charge in [-0.15, -0.1) is 5.10 Å². The zero-order chi connectivity index (χ0) is 20.0. The number of alkyl halides is 3. The lowest BCUT2D eigenvalue weighted by atomic mass is 9.90. The number of rotatable bonds is 7. The largest absolute Gasteiger partial charge is 0.389 e. The molecule has 0 aliphatic rings. The molecule has 1 heterocycles. The molecule has 1 amide bonds. The molecule has 27 heavy (non-hydrogen) atoms. The van der Waals surface area contributed by atoms with Gasteiger partial charge in [-0.1, -0.05) is 24.3 Å². The molecular weight excluding hydrogens is 359 g/mol. The number of hydrogen-bond donors (Lipinski definition) is 1. The van der Waals surface area contributed by atoms with E-state index in [2.05, 4.69) is 15.5 Å². The summed E-state index contributed by atoms with van der Waals surface area (Å²) in [6, 6.07) is 8.70. The summed E-state index contributed by atoms with van der Waals surface area (Å²) in [7, 11) is 0. The van der Waals surface area contributed by atoms with E-state index in [-0.39, 0.29) is 29.5 Å². The minimum Gasteiger partial charge on any atom is -0.354 e. The summed E-state index contributed by atoms with van der Waals surface area (Å²) in [5.74, 6) is -1.84. The van der Waals surface area contributed by atoms with Gasteiger partial charge < -0.3 is 5.32 Å². The molecule has 0 saturated carbocycles. The van der Waals surface area contributed by atoms with Crippen LogP contribution in [0.5, 0.6) is 0 Å². The van der Waals surface area contributed by atoms with E-state index in [1.807, 2.05) is 0 Å². The van der Waals surface area contributed by atoms with E-state index in [0.717, 1.165) is 0 Å². The average molecular weight is 379 g/mol. The number of carbonyl (C=O) groups excluding carboxylic acids is 2. The predicted octanol–water partition coefficient (Wildman–Crippen LogP) is 3.66. The van der Waals surface area contributed by atoms with Crippen LogP contribution in [0.15, 0.2) is 42.6 Å². The first-order chi connectivity index (χ1) is 12.7. The third-order valence-corrected chi connectivity index (χ3v) is 3.81. The van der Waals surface area contributed by atoms with Crippen LogP contribution in [0.4, 0.5) is 13.2 Å². The van der Waals surface area contributed by atoms with E-state index in [1.54, 1.807) is 19.9 Å². The molecule has 0 fully saturated rings. The monoisotopic (exact) mass is 379 g/mol. The van der Waals surface area contributed by atoms with E-state index >= 15 is 0 Å². The molecule has 1 N–H and O–H groups in total. The average Bonchev–Trinajstić information content (AvgIpc) is 2.59. The molecule has 1 aromatic heterocycles. The molecule has 0 aliphatic carbocycles. The highest BCUT2D eigenvalue weighted by molar-refractivity contribution is 6.07. The minimum atomic E-state index is -4.41. The van der Waals surface area contributed by atoms with Gasteiger partial charge in [-0.25, -0.2) is 0 Å². The van der Waals surface area contributed by atoms with Crippen molar-refractivity contribution in [2.24, 2.45) is 0 Å². The molecular formula is C19H20F3N3O2. The second kappa shape index (κ2) is 8.75. The highest BCUT2D eigenvalue weighted by Crippen LogP contribution is 2.33. The molecule has 2 rings (SSSR count). The van der Waals surface area contributed by atoms with Crippen molar-refractivity contribution < 1.29 is 22.8 Å². The number of aromatic nitrogens is 2. The van der Waals surface area contributed by atoms with Gasteiger partial charge in [0, 0.05) is 30.1 Å². The van der Waals surface area contributed by atoms with E-state index < -0.39 is 24.4 Å². The molecule has 1 unspecified atom stereocenters. The zero-order valence-electron chi connectivity index (χ0n) is 15.0. The van der Waals surface area contributed by atoms with Gasteiger partial charge in [0.1, 0.15) is 5.69 Å². The Morgan fingerprint density at radius 3 is 2.30 bits per heavy atom. The summed E-state index contributed by atoms with van der Waals surface area (Å²) >= 11 is 0. The summed E-state index contributed by atoms with van der Waals surface area (Å²) in [5.41, 5.74) is 0.784. The van der Waals surface area contributed by atoms with Crippen molar-refractivity contribution in [2.45, 2.75) is 44.8 Å². The normalized spacial score (nSPS) is 12.7. The van der Waals surface area contributed by atoms with Crippen molar-refractivity contribution >= 4 is 11.7 Å². The Hall–Kier alpha value is -2.77. The summed E-state index contributed by atoms with van der Waals surface area (Å²) in [6.45, 7) is 3.48. The maximum Gasteiger partial charge on any atom is 0.389 e. The standard InChI is InChI=1S/C19H20F3N3O2/c1-12(2)24-17(26)10-15(11-19(20,21)22)13-5-7-14(8-6-13)18(27)16-4-3-9-23-25-16/h3-9,12,15H,10-11H2,1-2H3,(H,24,26). The van der Waals surface area contributed by atoms with Crippen LogP contribution in [0.1, 0.15) is 54.2 Å². The predicted molar refractivity (Wildman–Crippen MR) is 93.2 cm³/mol. The fourth-order valence-electron chi connectivity index (χ4n) is 2.67. The quantitative estimate of drug-likeness (QED) is 0.746. The van der Waals surface area contributed by atoms with Crippen LogP contribution in [-0.4, -0.2) is 34.1 Å². The summed E-state index contributed by atoms with van der Waals surface area (Å²) < 4.78 is 38.8. The minimum absolute atomic E-state index is 0.147. The van der Waals surface area contributed by atoms with Crippen LogP contribution in [0, 0.1) is 0 Å². The fourth-order valence-corrected chi connectivity index (χ4v) is 2.67. The number of hydrogen-bond acceptors (Lipinski definition) is 4. The smallest absolute Gasteiger partial charge is 0.354 e. The molecule has 1 aromatic carbocycles. The molecule has 0 bridgehead atoms. The van der Waals surface area contributed by atoms with Gasteiger partial charge in [0.25, 0.3) is 0 Å². The summed E-state index contributed by atoms with van der Waals surface area (Å²) in [6.07, 6.45) is -4.37. The highest BCUT2D eigenvalue weighted by atomic mass is 19.4. The first-order valence-electron chi connectivity index (χ1n) is 8.44. The first-order valence-corrected chi connectivity index (χ1v) is 8.44. The van der Waals surface area contributed by atoms with Gasteiger partial charge in [0.05, 0.1) is 6.42 Å². The number of halogens is 3. The lowest BCUT2D eigenvalue weighted by Gasteiger charge is -2.20.